The van der Waals surface area contributed by atoms with Gasteiger partial charge in [0.2, 0.25) is 0 Å². The Labute approximate surface area is 143 Å². The van der Waals surface area contributed by atoms with Crippen LogP contribution in [0, 0.1) is 5.92 Å². The van der Waals surface area contributed by atoms with Gasteiger partial charge in [-0.25, -0.2) is 4.98 Å². The first-order valence-electron chi connectivity index (χ1n) is 8.81. The lowest BCUT2D eigenvalue weighted by molar-refractivity contribution is 0.183. The maximum atomic E-state index is 4.80. The molecule has 0 spiro atoms. The van der Waals surface area contributed by atoms with Crippen molar-refractivity contribution in [2.24, 2.45) is 5.92 Å². The van der Waals surface area contributed by atoms with Crippen molar-refractivity contribution in [1.29, 1.82) is 0 Å². The fraction of sp³-hybridized carbons (Fsp3) is 0.333. The Hall–Kier alpha value is -2.26. The van der Waals surface area contributed by atoms with Crippen LogP contribution in [0.15, 0.2) is 54.7 Å². The summed E-state index contributed by atoms with van der Waals surface area (Å²) in [6.45, 7) is 5.65. The first kappa shape index (κ1) is 15.3. The molecule has 3 nitrogen and oxygen atoms in total. The number of rotatable bonds is 3. The van der Waals surface area contributed by atoms with Gasteiger partial charge in [0.1, 0.15) is 0 Å². The maximum Gasteiger partial charge on any atom is 0.0710 e. The van der Waals surface area contributed by atoms with Gasteiger partial charge in [-0.2, -0.15) is 0 Å². The van der Waals surface area contributed by atoms with Gasteiger partial charge in [0, 0.05) is 23.7 Å². The molecule has 1 aliphatic heterocycles. The van der Waals surface area contributed by atoms with Crippen LogP contribution in [0.2, 0.25) is 0 Å². The van der Waals surface area contributed by atoms with E-state index in [4.69, 9.17) is 4.98 Å². The van der Waals surface area contributed by atoms with Crippen LogP contribution in [0.3, 0.4) is 0 Å². The minimum absolute atomic E-state index is 0.863. The second-order valence-corrected chi connectivity index (χ2v) is 6.88. The molecule has 24 heavy (non-hydrogen) atoms. The monoisotopic (exact) mass is 317 g/mol. The molecular formula is C21H23N3. The van der Waals surface area contributed by atoms with E-state index in [0.29, 0.717) is 0 Å². The summed E-state index contributed by atoms with van der Waals surface area (Å²) < 4.78 is 0. The van der Waals surface area contributed by atoms with Crippen molar-refractivity contribution < 1.29 is 0 Å². The van der Waals surface area contributed by atoms with Gasteiger partial charge < -0.3 is 0 Å². The minimum Gasteiger partial charge on any atom is -0.297 e. The number of hydrogen-bond donors (Lipinski definition) is 0. The molecule has 0 radical (unpaired) electrons. The van der Waals surface area contributed by atoms with Crippen molar-refractivity contribution in [3.63, 3.8) is 0 Å². The quantitative estimate of drug-likeness (QED) is 0.711. The molecule has 1 saturated heterocycles. The van der Waals surface area contributed by atoms with Gasteiger partial charge in [-0.3, -0.25) is 9.88 Å². The SMILES string of the molecule is CC1CCN(Cc2cc(-c3ccc4ccccc4n3)ccn2)CC1. The summed E-state index contributed by atoms with van der Waals surface area (Å²) >= 11 is 0. The van der Waals surface area contributed by atoms with E-state index in [-0.39, 0.29) is 0 Å². The molecule has 1 fully saturated rings. The molecule has 1 aromatic carbocycles. The van der Waals surface area contributed by atoms with Crippen LogP contribution in [0.5, 0.6) is 0 Å². The van der Waals surface area contributed by atoms with Crippen LogP contribution in [-0.4, -0.2) is 28.0 Å². The minimum atomic E-state index is 0.863. The molecule has 3 heteroatoms. The Morgan fingerprint density at radius 1 is 1.04 bits per heavy atom. The van der Waals surface area contributed by atoms with Gasteiger partial charge in [0.15, 0.2) is 0 Å². The number of likely N-dealkylation sites (tertiary alicyclic amines) is 1. The molecule has 2 aromatic heterocycles. The van der Waals surface area contributed by atoms with Gasteiger partial charge >= 0.3 is 0 Å². The molecular weight excluding hydrogens is 294 g/mol. The van der Waals surface area contributed by atoms with E-state index < -0.39 is 0 Å². The second-order valence-electron chi connectivity index (χ2n) is 6.88. The summed E-state index contributed by atoms with van der Waals surface area (Å²) in [6, 6.07) is 16.7. The summed E-state index contributed by atoms with van der Waals surface area (Å²) in [5.74, 6) is 0.863. The van der Waals surface area contributed by atoms with Crippen molar-refractivity contribution >= 4 is 10.9 Å². The number of hydrogen-bond acceptors (Lipinski definition) is 3. The predicted octanol–water partition coefficient (Wildman–Crippen LogP) is 4.53. The van der Waals surface area contributed by atoms with Crippen molar-refractivity contribution in [3.05, 3.63) is 60.4 Å². The molecule has 3 heterocycles. The average molecular weight is 317 g/mol. The Morgan fingerprint density at radius 2 is 1.88 bits per heavy atom. The van der Waals surface area contributed by atoms with Crippen molar-refractivity contribution in [3.8, 4) is 11.3 Å². The van der Waals surface area contributed by atoms with E-state index >= 15 is 0 Å². The van der Waals surface area contributed by atoms with Crippen LogP contribution in [0.4, 0.5) is 0 Å². The Bertz CT molecular complexity index is 835. The standard InChI is InChI=1S/C21H23N3/c1-16-9-12-24(13-10-16)15-19-14-18(8-11-22-19)21-7-6-17-4-2-3-5-20(17)23-21/h2-8,11,14,16H,9-10,12-13,15H2,1H3. The predicted molar refractivity (Wildman–Crippen MR) is 98.6 cm³/mol. The Balaban J connectivity index is 1.57. The first-order valence-corrected chi connectivity index (χ1v) is 8.81. The zero-order chi connectivity index (χ0) is 16.4. The second kappa shape index (κ2) is 6.70. The fourth-order valence-electron chi connectivity index (χ4n) is 3.40. The molecule has 4 rings (SSSR count). The van der Waals surface area contributed by atoms with E-state index in [1.165, 1.54) is 31.3 Å². The highest BCUT2D eigenvalue weighted by Gasteiger charge is 2.16. The van der Waals surface area contributed by atoms with E-state index in [2.05, 4.69) is 53.2 Å². The van der Waals surface area contributed by atoms with E-state index in [0.717, 1.165) is 34.9 Å². The molecule has 0 unspecified atom stereocenters. The molecule has 0 N–H and O–H groups in total. The third kappa shape index (κ3) is 3.31. The first-order chi connectivity index (χ1) is 11.8. The smallest absolute Gasteiger partial charge is 0.0710 e. The van der Waals surface area contributed by atoms with E-state index in [1.54, 1.807) is 0 Å². The van der Waals surface area contributed by atoms with E-state index in [9.17, 15) is 0 Å². The zero-order valence-corrected chi connectivity index (χ0v) is 14.2. The zero-order valence-electron chi connectivity index (χ0n) is 14.2. The van der Waals surface area contributed by atoms with Crippen LogP contribution in [0.25, 0.3) is 22.2 Å². The number of para-hydroxylation sites is 1. The molecule has 122 valence electrons. The van der Waals surface area contributed by atoms with Crippen molar-refractivity contribution in [2.45, 2.75) is 26.3 Å². The lowest BCUT2D eigenvalue weighted by Gasteiger charge is -2.29. The number of benzene rings is 1. The van der Waals surface area contributed by atoms with E-state index in [1.807, 2.05) is 18.3 Å². The number of aromatic nitrogens is 2. The number of fused-ring (bicyclic) bond motifs is 1. The summed E-state index contributed by atoms with van der Waals surface area (Å²) in [5, 5.41) is 1.18. The Morgan fingerprint density at radius 3 is 2.75 bits per heavy atom. The molecule has 0 atom stereocenters. The molecule has 1 aliphatic rings. The lowest BCUT2D eigenvalue weighted by Crippen LogP contribution is -2.32. The highest BCUT2D eigenvalue weighted by molar-refractivity contribution is 5.81. The van der Waals surface area contributed by atoms with Crippen LogP contribution in [-0.2, 0) is 6.54 Å². The third-order valence-corrected chi connectivity index (χ3v) is 4.97. The molecule has 0 saturated carbocycles. The topological polar surface area (TPSA) is 29.0 Å². The van der Waals surface area contributed by atoms with Gasteiger partial charge in [-0.1, -0.05) is 31.2 Å². The van der Waals surface area contributed by atoms with Crippen molar-refractivity contribution in [2.75, 3.05) is 13.1 Å². The highest BCUT2D eigenvalue weighted by Crippen LogP contribution is 2.22. The molecule has 0 amide bonds. The summed E-state index contributed by atoms with van der Waals surface area (Å²) in [7, 11) is 0. The number of nitrogens with zero attached hydrogens (tertiary/aromatic N) is 3. The fourth-order valence-corrected chi connectivity index (χ4v) is 3.40. The highest BCUT2D eigenvalue weighted by atomic mass is 15.1. The summed E-state index contributed by atoms with van der Waals surface area (Å²) in [6.07, 6.45) is 4.51. The third-order valence-electron chi connectivity index (χ3n) is 4.97. The van der Waals surface area contributed by atoms with Gasteiger partial charge in [-0.15, -0.1) is 0 Å². The van der Waals surface area contributed by atoms with Gasteiger partial charge in [-0.05, 0) is 56.1 Å². The van der Waals surface area contributed by atoms with Crippen molar-refractivity contribution in [1.82, 2.24) is 14.9 Å². The van der Waals surface area contributed by atoms with Gasteiger partial charge in [0.25, 0.3) is 0 Å². The summed E-state index contributed by atoms with van der Waals surface area (Å²) in [5.41, 5.74) is 4.34. The Kier molecular flexibility index (Phi) is 4.26. The number of piperidine rings is 1. The molecule has 3 aromatic rings. The van der Waals surface area contributed by atoms with Crippen LogP contribution < -0.4 is 0 Å². The lowest BCUT2D eigenvalue weighted by atomic mass is 9.99. The van der Waals surface area contributed by atoms with Crippen LogP contribution in [0.1, 0.15) is 25.5 Å². The maximum absolute atomic E-state index is 4.80. The average Bonchev–Trinajstić information content (AvgIpc) is 2.63. The normalized spacial score (nSPS) is 16.5. The molecule has 0 aliphatic carbocycles. The summed E-state index contributed by atoms with van der Waals surface area (Å²) in [4.78, 5) is 11.9. The largest absolute Gasteiger partial charge is 0.297 e. The van der Waals surface area contributed by atoms with Gasteiger partial charge in [0.05, 0.1) is 16.9 Å². The van der Waals surface area contributed by atoms with Crippen LogP contribution >= 0.6 is 0 Å². The molecule has 0 bridgehead atoms. The number of pyridine rings is 2.